The SMILES string of the molecule is Cc1nn(C)c(C)c1NC(=O)[C@@H](C)OC(=O)c1ccccc1NCc1ccco1. The molecule has 8 nitrogen and oxygen atoms in total. The standard InChI is InChI=1S/C21H24N4O4/c1-13-19(14(2)25(4)24-13)23-20(26)15(3)29-21(27)17-9-5-6-10-18(17)22-12-16-8-7-11-28-16/h5-11,15,22H,12H2,1-4H3,(H,23,26)/t15-/m1/s1. The van der Waals surface area contributed by atoms with E-state index in [0.29, 0.717) is 29.2 Å². The van der Waals surface area contributed by atoms with Crippen molar-refractivity contribution in [1.29, 1.82) is 0 Å². The van der Waals surface area contributed by atoms with Gasteiger partial charge in [-0.25, -0.2) is 4.79 Å². The maximum atomic E-state index is 12.7. The molecule has 0 unspecified atom stereocenters. The lowest BCUT2D eigenvalue weighted by Gasteiger charge is -2.15. The molecule has 2 aromatic heterocycles. The number of nitrogens with zero attached hydrogens (tertiary/aromatic N) is 2. The minimum absolute atomic E-state index is 0.340. The lowest BCUT2D eigenvalue weighted by atomic mass is 10.1. The van der Waals surface area contributed by atoms with Gasteiger partial charge in [-0.2, -0.15) is 5.10 Å². The van der Waals surface area contributed by atoms with E-state index >= 15 is 0 Å². The van der Waals surface area contributed by atoms with Crippen LogP contribution in [-0.2, 0) is 23.1 Å². The number of esters is 1. The first-order chi connectivity index (χ1) is 13.9. The second kappa shape index (κ2) is 8.64. The van der Waals surface area contributed by atoms with Gasteiger partial charge in [0.15, 0.2) is 6.10 Å². The Labute approximate surface area is 168 Å². The highest BCUT2D eigenvalue weighted by Crippen LogP contribution is 2.20. The molecule has 0 fully saturated rings. The Balaban J connectivity index is 1.65. The number of aromatic nitrogens is 2. The number of amides is 1. The minimum Gasteiger partial charge on any atom is -0.467 e. The van der Waals surface area contributed by atoms with E-state index in [2.05, 4.69) is 15.7 Å². The quantitative estimate of drug-likeness (QED) is 0.594. The van der Waals surface area contributed by atoms with E-state index in [1.54, 1.807) is 49.2 Å². The number of carbonyl (C=O) groups excluding carboxylic acids is 2. The number of ether oxygens (including phenoxy) is 1. The first-order valence-corrected chi connectivity index (χ1v) is 9.24. The van der Waals surface area contributed by atoms with Crippen molar-refractivity contribution in [2.45, 2.75) is 33.4 Å². The number of furan rings is 1. The molecule has 0 aliphatic carbocycles. The molecule has 0 spiro atoms. The number of benzene rings is 1. The number of hydrogen-bond donors (Lipinski definition) is 2. The number of carbonyl (C=O) groups is 2. The van der Waals surface area contributed by atoms with Crippen LogP contribution in [0.15, 0.2) is 47.1 Å². The van der Waals surface area contributed by atoms with Gasteiger partial charge in [0.1, 0.15) is 5.76 Å². The van der Waals surface area contributed by atoms with Crippen LogP contribution in [0.3, 0.4) is 0 Å². The summed E-state index contributed by atoms with van der Waals surface area (Å²) < 4.78 is 12.4. The molecule has 3 aromatic rings. The average molecular weight is 396 g/mol. The lowest BCUT2D eigenvalue weighted by Crippen LogP contribution is -2.30. The van der Waals surface area contributed by atoms with Crippen molar-refractivity contribution in [2.75, 3.05) is 10.6 Å². The number of anilines is 2. The van der Waals surface area contributed by atoms with Crippen LogP contribution in [0.5, 0.6) is 0 Å². The average Bonchev–Trinajstić information content (AvgIpc) is 3.30. The van der Waals surface area contributed by atoms with Gasteiger partial charge in [-0.15, -0.1) is 0 Å². The third-order valence-corrected chi connectivity index (χ3v) is 4.59. The molecule has 152 valence electrons. The van der Waals surface area contributed by atoms with Crippen LogP contribution in [0.4, 0.5) is 11.4 Å². The zero-order chi connectivity index (χ0) is 21.0. The van der Waals surface area contributed by atoms with Crippen molar-refractivity contribution in [3.63, 3.8) is 0 Å². The maximum absolute atomic E-state index is 12.7. The van der Waals surface area contributed by atoms with E-state index in [0.717, 1.165) is 11.5 Å². The Hall–Kier alpha value is -3.55. The van der Waals surface area contributed by atoms with Crippen molar-refractivity contribution in [1.82, 2.24) is 9.78 Å². The first kappa shape index (κ1) is 20.2. The van der Waals surface area contributed by atoms with Crippen molar-refractivity contribution in [2.24, 2.45) is 7.05 Å². The van der Waals surface area contributed by atoms with Gasteiger partial charge < -0.3 is 19.8 Å². The Bertz CT molecular complexity index is 1010. The van der Waals surface area contributed by atoms with E-state index in [4.69, 9.17) is 9.15 Å². The van der Waals surface area contributed by atoms with Gasteiger partial charge in [-0.1, -0.05) is 12.1 Å². The Kier molecular flexibility index (Phi) is 6.01. The molecule has 2 N–H and O–H groups in total. The van der Waals surface area contributed by atoms with Crippen LogP contribution in [0, 0.1) is 13.8 Å². The van der Waals surface area contributed by atoms with Crippen molar-refractivity contribution >= 4 is 23.3 Å². The van der Waals surface area contributed by atoms with Crippen LogP contribution >= 0.6 is 0 Å². The Morgan fingerprint density at radius 1 is 1.21 bits per heavy atom. The molecule has 8 heteroatoms. The van der Waals surface area contributed by atoms with Gasteiger partial charge in [-0.05, 0) is 45.0 Å². The predicted octanol–water partition coefficient (Wildman–Crippen LogP) is 3.43. The van der Waals surface area contributed by atoms with E-state index in [9.17, 15) is 9.59 Å². The fourth-order valence-corrected chi connectivity index (χ4v) is 2.87. The minimum atomic E-state index is -0.973. The molecular formula is C21H24N4O4. The molecular weight excluding hydrogens is 372 g/mol. The third-order valence-electron chi connectivity index (χ3n) is 4.59. The number of rotatable bonds is 7. The smallest absolute Gasteiger partial charge is 0.341 e. The van der Waals surface area contributed by atoms with Crippen LogP contribution in [0.2, 0.25) is 0 Å². The molecule has 0 radical (unpaired) electrons. The van der Waals surface area contributed by atoms with Gasteiger partial charge in [0.05, 0.1) is 35.4 Å². The van der Waals surface area contributed by atoms with Crippen LogP contribution in [0.25, 0.3) is 0 Å². The fraction of sp³-hybridized carbons (Fsp3) is 0.286. The largest absolute Gasteiger partial charge is 0.467 e. The van der Waals surface area contributed by atoms with Gasteiger partial charge in [0.2, 0.25) is 0 Å². The molecule has 3 rings (SSSR count). The highest BCUT2D eigenvalue weighted by molar-refractivity contribution is 6.00. The second-order valence-corrected chi connectivity index (χ2v) is 6.68. The van der Waals surface area contributed by atoms with Crippen LogP contribution < -0.4 is 10.6 Å². The first-order valence-electron chi connectivity index (χ1n) is 9.24. The molecule has 0 aliphatic heterocycles. The van der Waals surface area contributed by atoms with E-state index in [1.807, 2.05) is 19.1 Å². The summed E-state index contributed by atoms with van der Waals surface area (Å²) in [7, 11) is 1.80. The predicted molar refractivity (Wildman–Crippen MR) is 109 cm³/mol. The van der Waals surface area contributed by atoms with E-state index in [1.165, 1.54) is 6.92 Å². The third kappa shape index (κ3) is 4.66. The monoisotopic (exact) mass is 396 g/mol. The number of hydrogen-bond acceptors (Lipinski definition) is 6. The highest BCUT2D eigenvalue weighted by atomic mass is 16.5. The van der Waals surface area contributed by atoms with Crippen molar-refractivity contribution in [3.05, 3.63) is 65.4 Å². The summed E-state index contributed by atoms with van der Waals surface area (Å²) in [4.78, 5) is 25.2. The summed E-state index contributed by atoms with van der Waals surface area (Å²) in [6.07, 6.45) is 0.614. The lowest BCUT2D eigenvalue weighted by molar-refractivity contribution is -0.123. The molecule has 0 saturated carbocycles. The van der Waals surface area contributed by atoms with Crippen LogP contribution in [-0.4, -0.2) is 27.8 Å². The Morgan fingerprint density at radius 2 is 1.97 bits per heavy atom. The fourth-order valence-electron chi connectivity index (χ4n) is 2.87. The van der Waals surface area contributed by atoms with Gasteiger partial charge in [-0.3, -0.25) is 9.48 Å². The van der Waals surface area contributed by atoms with Crippen molar-refractivity contribution < 1.29 is 18.7 Å². The zero-order valence-corrected chi connectivity index (χ0v) is 16.9. The second-order valence-electron chi connectivity index (χ2n) is 6.68. The normalized spacial score (nSPS) is 11.7. The van der Waals surface area contributed by atoms with Gasteiger partial charge >= 0.3 is 5.97 Å². The number of aryl methyl sites for hydroxylation is 2. The molecule has 1 aromatic carbocycles. The summed E-state index contributed by atoms with van der Waals surface area (Å²) in [5, 5.41) is 10.2. The molecule has 0 saturated heterocycles. The van der Waals surface area contributed by atoms with Crippen molar-refractivity contribution in [3.8, 4) is 0 Å². The molecule has 29 heavy (non-hydrogen) atoms. The molecule has 1 atom stereocenters. The topological polar surface area (TPSA) is 98.4 Å². The molecule has 0 aliphatic rings. The molecule has 0 bridgehead atoms. The maximum Gasteiger partial charge on any atom is 0.341 e. The van der Waals surface area contributed by atoms with E-state index < -0.39 is 18.0 Å². The Morgan fingerprint density at radius 3 is 2.62 bits per heavy atom. The number of nitrogens with one attached hydrogen (secondary N) is 2. The summed E-state index contributed by atoms with van der Waals surface area (Å²) in [6.45, 7) is 5.62. The van der Waals surface area contributed by atoms with Gasteiger partial charge in [0.25, 0.3) is 5.91 Å². The summed E-state index contributed by atoms with van der Waals surface area (Å²) in [5.41, 5.74) is 3.08. The van der Waals surface area contributed by atoms with Crippen LogP contribution in [0.1, 0.15) is 34.4 Å². The highest BCUT2D eigenvalue weighted by Gasteiger charge is 2.23. The molecule has 1 amide bonds. The summed E-state index contributed by atoms with van der Waals surface area (Å²) in [5.74, 6) is -0.267. The van der Waals surface area contributed by atoms with E-state index in [-0.39, 0.29) is 0 Å². The van der Waals surface area contributed by atoms with Gasteiger partial charge in [0, 0.05) is 12.7 Å². The summed E-state index contributed by atoms with van der Waals surface area (Å²) in [6, 6.07) is 10.6. The zero-order valence-electron chi connectivity index (χ0n) is 16.9. The molecule has 2 heterocycles. The number of para-hydroxylation sites is 1. The summed E-state index contributed by atoms with van der Waals surface area (Å²) >= 11 is 0.